The van der Waals surface area contributed by atoms with Gasteiger partial charge in [-0.1, -0.05) is 76.2 Å². The number of likely N-dealkylation sites (tertiary alicyclic amines) is 2. The highest BCUT2D eigenvalue weighted by Crippen LogP contribution is 2.42. The minimum Gasteiger partial charge on any atom is -0.453 e. The number of imidazole rings is 2. The molecule has 3 saturated heterocycles. The van der Waals surface area contributed by atoms with E-state index >= 15 is 0 Å². The first-order valence-electron chi connectivity index (χ1n) is 20.3. The molecule has 3 fully saturated rings. The van der Waals surface area contributed by atoms with Gasteiger partial charge in [-0.2, -0.15) is 0 Å². The van der Waals surface area contributed by atoms with Gasteiger partial charge in [-0.15, -0.1) is 0 Å². The zero-order valence-corrected chi connectivity index (χ0v) is 34.4. The summed E-state index contributed by atoms with van der Waals surface area (Å²) in [6.45, 7) is 9.41. The zero-order valence-electron chi connectivity index (χ0n) is 34.4. The van der Waals surface area contributed by atoms with Gasteiger partial charge in [0.2, 0.25) is 11.8 Å². The summed E-state index contributed by atoms with van der Waals surface area (Å²) in [6, 6.07) is 14.2. The van der Waals surface area contributed by atoms with Crippen LogP contribution < -0.4 is 10.6 Å². The Labute approximate surface area is 343 Å². The Morgan fingerprint density at radius 1 is 0.695 bits per heavy atom. The number of hydrogen-bond acceptors (Lipinski definition) is 10. The lowest BCUT2D eigenvalue weighted by Gasteiger charge is -2.34. The van der Waals surface area contributed by atoms with Gasteiger partial charge >= 0.3 is 12.2 Å². The van der Waals surface area contributed by atoms with Crippen molar-refractivity contribution < 1.29 is 38.1 Å². The number of nitrogens with one attached hydrogen (secondary N) is 4. The molecule has 4 aromatic rings. The number of aromatic amines is 2. The van der Waals surface area contributed by atoms with Gasteiger partial charge in [0.1, 0.15) is 23.7 Å². The largest absolute Gasteiger partial charge is 0.453 e. The number of amides is 4. The van der Waals surface area contributed by atoms with E-state index in [-0.39, 0.29) is 36.2 Å². The van der Waals surface area contributed by atoms with E-state index in [1.165, 1.54) is 14.2 Å². The molecule has 4 amide bonds. The fourth-order valence-corrected chi connectivity index (χ4v) is 8.20. The molecule has 3 aliphatic rings. The fraction of sp³-hybridized carbons (Fsp3) is 0.488. The molecular weight excluding hydrogens is 757 g/mol. The summed E-state index contributed by atoms with van der Waals surface area (Å²) in [4.78, 5) is 71.5. The van der Waals surface area contributed by atoms with Crippen molar-refractivity contribution in [3.05, 3.63) is 72.6 Å². The lowest BCUT2D eigenvalue weighted by atomic mass is 10.0. The molecule has 0 bridgehead atoms. The van der Waals surface area contributed by atoms with Crippen molar-refractivity contribution >= 4 is 24.0 Å². The standard InChI is InChI=1S/C43H54N8O8/c1-25(2)35(48-41(54)56-5)39(52)50-18-7-9-33(50)37-44-22-31(46-37)29-14-10-27(11-15-29)28-12-16-30(17-13-28)32-23-45-38(47-32)34-21-43(58-19-8-20-59-43)24-51(34)40(53)36(26(3)4)49-42(55)57-6/h10-17,22-23,25-26,33-36H,7-9,18-21,24H2,1-6H3,(H,44,46)(H,45,47)(H,48,54)(H,49,55)/t33?,34-,35-,36-/m0/s1. The molecule has 0 radical (unpaired) electrons. The molecule has 314 valence electrons. The third-order valence-electron chi connectivity index (χ3n) is 11.5. The van der Waals surface area contributed by atoms with Crippen LogP contribution in [0.3, 0.4) is 0 Å². The van der Waals surface area contributed by atoms with Crippen LogP contribution in [0.1, 0.15) is 77.1 Å². The van der Waals surface area contributed by atoms with Gasteiger partial charge in [0, 0.05) is 13.0 Å². The summed E-state index contributed by atoms with van der Waals surface area (Å²) in [7, 11) is 2.56. The van der Waals surface area contributed by atoms with Crippen molar-refractivity contribution in [2.75, 3.05) is 40.5 Å². The quantitative estimate of drug-likeness (QED) is 0.140. The van der Waals surface area contributed by atoms with Crippen molar-refractivity contribution in [1.29, 1.82) is 0 Å². The zero-order chi connectivity index (χ0) is 41.8. The smallest absolute Gasteiger partial charge is 0.407 e. The van der Waals surface area contributed by atoms with Gasteiger partial charge in [0.15, 0.2) is 5.79 Å². The maximum atomic E-state index is 14.0. The van der Waals surface area contributed by atoms with Crippen LogP contribution in [0.5, 0.6) is 0 Å². The number of alkyl carbamates (subject to hydrolysis) is 2. The van der Waals surface area contributed by atoms with Crippen LogP contribution in [0.4, 0.5) is 9.59 Å². The second-order valence-electron chi connectivity index (χ2n) is 16.1. The second-order valence-corrected chi connectivity index (χ2v) is 16.1. The van der Waals surface area contributed by atoms with Gasteiger partial charge in [0.25, 0.3) is 0 Å². The number of carbonyl (C=O) groups is 4. The molecule has 1 unspecified atom stereocenters. The Morgan fingerprint density at radius 2 is 1.15 bits per heavy atom. The van der Waals surface area contributed by atoms with Gasteiger partial charge < -0.3 is 49.3 Å². The number of hydrogen-bond donors (Lipinski definition) is 4. The molecule has 59 heavy (non-hydrogen) atoms. The van der Waals surface area contributed by atoms with E-state index < -0.39 is 36.1 Å². The van der Waals surface area contributed by atoms with Crippen molar-refractivity contribution in [1.82, 2.24) is 40.4 Å². The van der Waals surface area contributed by atoms with E-state index in [1.807, 2.05) is 52.0 Å². The number of H-pyrrole nitrogens is 2. The van der Waals surface area contributed by atoms with Gasteiger partial charge in [-0.05, 0) is 53.4 Å². The van der Waals surface area contributed by atoms with E-state index in [9.17, 15) is 19.2 Å². The Bertz CT molecular complexity index is 2110. The summed E-state index contributed by atoms with van der Waals surface area (Å²) in [6.07, 6.45) is 5.05. The average molecular weight is 811 g/mol. The second kappa shape index (κ2) is 17.6. The number of rotatable bonds is 11. The summed E-state index contributed by atoms with van der Waals surface area (Å²) in [5, 5.41) is 5.39. The Hall–Kier alpha value is -5.74. The predicted molar refractivity (Wildman–Crippen MR) is 217 cm³/mol. The van der Waals surface area contributed by atoms with Crippen molar-refractivity contribution in [3.8, 4) is 33.6 Å². The topological polar surface area (TPSA) is 193 Å². The first kappa shape index (κ1) is 41.4. The van der Waals surface area contributed by atoms with E-state index in [2.05, 4.69) is 49.9 Å². The van der Waals surface area contributed by atoms with E-state index in [4.69, 9.17) is 23.9 Å². The first-order valence-corrected chi connectivity index (χ1v) is 20.3. The normalized spacial score (nSPS) is 19.9. The van der Waals surface area contributed by atoms with Crippen LogP contribution in [-0.2, 0) is 28.5 Å². The summed E-state index contributed by atoms with van der Waals surface area (Å²) < 4.78 is 21.8. The highest BCUT2D eigenvalue weighted by molar-refractivity contribution is 5.87. The molecule has 5 heterocycles. The maximum Gasteiger partial charge on any atom is 0.407 e. The first-order chi connectivity index (χ1) is 28.4. The molecule has 7 rings (SSSR count). The van der Waals surface area contributed by atoms with Crippen molar-refractivity contribution in [2.45, 2.75) is 83.3 Å². The molecular formula is C43H54N8O8. The number of methoxy groups -OCH3 is 2. The summed E-state index contributed by atoms with van der Waals surface area (Å²) in [5.41, 5.74) is 5.60. The number of nitrogens with zero attached hydrogens (tertiary/aromatic N) is 4. The molecule has 16 heteroatoms. The molecule has 2 aromatic heterocycles. The van der Waals surface area contributed by atoms with Gasteiger partial charge in [-0.25, -0.2) is 19.6 Å². The lowest BCUT2D eigenvalue weighted by molar-refractivity contribution is -0.257. The summed E-state index contributed by atoms with van der Waals surface area (Å²) >= 11 is 0. The van der Waals surface area contributed by atoms with E-state index in [1.54, 1.807) is 22.2 Å². The maximum absolute atomic E-state index is 14.0. The SMILES string of the molecule is COC(=O)N[C@H](C(=O)N1CCCC1c1ncc(-c2ccc(-c3ccc(-c4cnc([C@@H]5CC6(CN5C(=O)[C@@H](NC(=O)OC)C(C)C)OCCCO6)[nH]4)cc3)cc2)[nH]1)C(C)C. The van der Waals surface area contributed by atoms with Gasteiger partial charge in [-0.3, -0.25) is 9.59 Å². The molecule has 0 saturated carbocycles. The molecule has 4 N–H and O–H groups in total. The molecule has 2 aromatic carbocycles. The average Bonchev–Trinajstić information content (AvgIpc) is 4.08. The van der Waals surface area contributed by atoms with E-state index in [0.29, 0.717) is 37.8 Å². The number of aromatic nitrogens is 4. The summed E-state index contributed by atoms with van der Waals surface area (Å²) in [5.74, 6) is -0.343. The fourth-order valence-electron chi connectivity index (χ4n) is 8.20. The minimum absolute atomic E-state index is 0.113. The number of ether oxygens (including phenoxy) is 4. The Kier molecular flexibility index (Phi) is 12.4. The van der Waals surface area contributed by atoms with Crippen molar-refractivity contribution in [2.24, 2.45) is 11.8 Å². The molecule has 1 spiro atoms. The van der Waals surface area contributed by atoms with Crippen LogP contribution in [0.15, 0.2) is 60.9 Å². The monoisotopic (exact) mass is 810 g/mol. The van der Waals surface area contributed by atoms with Crippen molar-refractivity contribution in [3.63, 3.8) is 0 Å². The predicted octanol–water partition coefficient (Wildman–Crippen LogP) is 5.97. The Morgan fingerprint density at radius 3 is 1.63 bits per heavy atom. The highest BCUT2D eigenvalue weighted by atomic mass is 16.7. The number of carbonyl (C=O) groups excluding carboxylic acids is 4. The molecule has 0 aliphatic carbocycles. The Balaban J connectivity index is 1.04. The van der Waals surface area contributed by atoms with Crippen LogP contribution in [0, 0.1) is 11.8 Å². The van der Waals surface area contributed by atoms with Crippen LogP contribution in [0.2, 0.25) is 0 Å². The van der Waals surface area contributed by atoms with Crippen LogP contribution >= 0.6 is 0 Å². The number of benzene rings is 2. The van der Waals surface area contributed by atoms with Gasteiger partial charge in [0.05, 0.1) is 69.8 Å². The van der Waals surface area contributed by atoms with Crippen LogP contribution in [0.25, 0.3) is 33.6 Å². The lowest BCUT2D eigenvalue weighted by Crippen LogP contribution is -2.52. The molecule has 3 aliphatic heterocycles. The third kappa shape index (κ3) is 8.83. The molecule has 4 atom stereocenters. The molecule has 16 nitrogen and oxygen atoms in total. The van der Waals surface area contributed by atoms with Crippen LogP contribution in [-0.4, -0.2) is 112 Å². The third-order valence-corrected chi connectivity index (χ3v) is 11.5. The van der Waals surface area contributed by atoms with E-state index in [0.717, 1.165) is 52.9 Å². The highest BCUT2D eigenvalue weighted by Gasteiger charge is 2.52. The minimum atomic E-state index is -0.949.